The molecule has 0 aliphatic heterocycles. The van der Waals surface area contributed by atoms with Gasteiger partial charge in [0.05, 0.1) is 6.10 Å². The largest absolute Gasteiger partial charge is 0.374 e. The summed E-state index contributed by atoms with van der Waals surface area (Å²) < 4.78 is 49.6. The second-order valence-electron chi connectivity index (χ2n) is 9.32. The quantitative estimate of drug-likeness (QED) is 0.370. The van der Waals surface area contributed by atoms with Crippen LogP contribution in [0.4, 0.5) is 13.2 Å². The summed E-state index contributed by atoms with van der Waals surface area (Å²) in [6.07, 6.45) is 12.3. The zero-order valence-electron chi connectivity index (χ0n) is 20.0. The lowest BCUT2D eigenvalue weighted by Gasteiger charge is -2.28. The van der Waals surface area contributed by atoms with Crippen LogP contribution >= 0.6 is 0 Å². The van der Waals surface area contributed by atoms with Crippen molar-refractivity contribution in [1.29, 1.82) is 0 Å². The highest BCUT2D eigenvalue weighted by atomic mass is 19.2. The highest BCUT2D eigenvalue weighted by molar-refractivity contribution is 5.79. The fourth-order valence-corrected chi connectivity index (χ4v) is 5.10. The Morgan fingerprint density at radius 2 is 1.62 bits per heavy atom. The van der Waals surface area contributed by atoms with Gasteiger partial charge in [0.15, 0.2) is 11.6 Å². The molecule has 34 heavy (non-hydrogen) atoms. The molecule has 0 radical (unpaired) electrons. The maximum Gasteiger partial charge on any atom is 0.166 e. The van der Waals surface area contributed by atoms with Gasteiger partial charge in [-0.05, 0) is 73.6 Å². The predicted molar refractivity (Wildman–Crippen MR) is 134 cm³/mol. The summed E-state index contributed by atoms with van der Waals surface area (Å²) in [4.78, 5) is 0. The molecule has 0 heterocycles. The lowest BCUT2D eigenvalue weighted by molar-refractivity contribution is 0.0964. The topological polar surface area (TPSA) is 9.23 Å². The first kappa shape index (κ1) is 24.5. The smallest absolute Gasteiger partial charge is 0.166 e. The van der Waals surface area contributed by atoms with Crippen molar-refractivity contribution < 1.29 is 17.9 Å². The van der Waals surface area contributed by atoms with Crippen molar-refractivity contribution >= 4 is 17.7 Å². The molecule has 0 bridgehead atoms. The second-order valence-corrected chi connectivity index (χ2v) is 9.32. The lowest BCUT2D eigenvalue weighted by Crippen LogP contribution is -2.14. The Morgan fingerprint density at radius 3 is 2.26 bits per heavy atom. The van der Waals surface area contributed by atoms with E-state index in [1.807, 2.05) is 37.3 Å². The molecule has 2 aliphatic carbocycles. The van der Waals surface area contributed by atoms with Crippen molar-refractivity contribution in [2.45, 2.75) is 64.4 Å². The van der Waals surface area contributed by atoms with E-state index in [-0.39, 0.29) is 23.4 Å². The molecule has 4 rings (SSSR count). The number of rotatable bonds is 7. The molecule has 2 aliphatic rings. The number of allylic oxidation sites excluding steroid dienone is 2. The van der Waals surface area contributed by atoms with E-state index < -0.39 is 11.6 Å². The fraction of sp³-hybridized carbons (Fsp3) is 0.400. The molecule has 0 spiro atoms. The van der Waals surface area contributed by atoms with Crippen LogP contribution < -0.4 is 0 Å². The Balaban J connectivity index is 1.44. The monoisotopic (exact) mass is 466 g/mol. The van der Waals surface area contributed by atoms with E-state index in [9.17, 15) is 13.2 Å². The van der Waals surface area contributed by atoms with E-state index in [4.69, 9.17) is 4.74 Å². The number of hydrogen-bond acceptors (Lipinski definition) is 1. The molecular formula is C30H33F3O. The highest BCUT2D eigenvalue weighted by Crippen LogP contribution is 2.39. The number of hydrogen-bond donors (Lipinski definition) is 0. The molecule has 1 atom stereocenters. The van der Waals surface area contributed by atoms with Gasteiger partial charge in [0.25, 0.3) is 0 Å². The van der Waals surface area contributed by atoms with E-state index in [1.165, 1.54) is 6.08 Å². The minimum atomic E-state index is -0.786. The van der Waals surface area contributed by atoms with Crippen LogP contribution in [0.2, 0.25) is 0 Å². The molecule has 0 saturated heterocycles. The first-order valence-electron chi connectivity index (χ1n) is 12.5. The van der Waals surface area contributed by atoms with E-state index in [0.717, 1.165) is 43.2 Å². The average Bonchev–Trinajstić information content (AvgIpc) is 2.86. The van der Waals surface area contributed by atoms with Gasteiger partial charge in [0, 0.05) is 17.7 Å². The maximum absolute atomic E-state index is 14.9. The Labute approximate surface area is 201 Å². The molecule has 2 aromatic rings. The van der Waals surface area contributed by atoms with Gasteiger partial charge in [-0.15, -0.1) is 0 Å². The Bertz CT molecular complexity index is 1070. The van der Waals surface area contributed by atoms with E-state index in [0.29, 0.717) is 30.1 Å². The van der Waals surface area contributed by atoms with Crippen LogP contribution in [-0.4, -0.2) is 12.7 Å². The van der Waals surface area contributed by atoms with Gasteiger partial charge < -0.3 is 4.74 Å². The molecule has 4 heteroatoms. The molecule has 1 unspecified atom stereocenters. The van der Waals surface area contributed by atoms with Crippen LogP contribution in [-0.2, 0) is 4.74 Å². The summed E-state index contributed by atoms with van der Waals surface area (Å²) in [5.41, 5.74) is 2.91. The molecule has 0 aromatic heterocycles. The van der Waals surface area contributed by atoms with Crippen LogP contribution in [0.15, 0.2) is 54.4 Å². The van der Waals surface area contributed by atoms with Gasteiger partial charge in [-0.3, -0.25) is 0 Å². The number of halogens is 3. The predicted octanol–water partition coefficient (Wildman–Crippen LogP) is 8.86. The average molecular weight is 467 g/mol. The van der Waals surface area contributed by atoms with Crippen molar-refractivity contribution in [2.75, 3.05) is 6.61 Å². The number of ether oxygens (including phenoxy) is 1. The van der Waals surface area contributed by atoms with Crippen molar-refractivity contribution in [3.05, 3.63) is 88.3 Å². The maximum atomic E-state index is 14.9. The SMILES string of the molecule is CCOC1C=C(F)C(c2ccc(/C=C/c3ccc(C4CCC(CC)CC4)c(F)c3F)cc2)=CC1. The number of benzene rings is 2. The summed E-state index contributed by atoms with van der Waals surface area (Å²) in [5.74, 6) is -0.962. The van der Waals surface area contributed by atoms with E-state index in [2.05, 4.69) is 6.92 Å². The fourth-order valence-electron chi connectivity index (χ4n) is 5.10. The zero-order valence-corrected chi connectivity index (χ0v) is 20.0. The van der Waals surface area contributed by atoms with Crippen molar-refractivity contribution in [2.24, 2.45) is 5.92 Å². The zero-order chi connectivity index (χ0) is 24.1. The molecule has 1 nitrogen and oxygen atoms in total. The van der Waals surface area contributed by atoms with Crippen LogP contribution in [0, 0.1) is 17.6 Å². The van der Waals surface area contributed by atoms with Crippen molar-refractivity contribution in [3.63, 3.8) is 0 Å². The van der Waals surface area contributed by atoms with Gasteiger partial charge >= 0.3 is 0 Å². The highest BCUT2D eigenvalue weighted by Gasteiger charge is 2.25. The van der Waals surface area contributed by atoms with Gasteiger partial charge in [0.2, 0.25) is 0 Å². The van der Waals surface area contributed by atoms with E-state index in [1.54, 1.807) is 24.3 Å². The molecule has 180 valence electrons. The van der Waals surface area contributed by atoms with Crippen molar-refractivity contribution in [3.8, 4) is 0 Å². The Kier molecular flexibility index (Phi) is 8.10. The Morgan fingerprint density at radius 1 is 0.882 bits per heavy atom. The third-order valence-corrected chi connectivity index (χ3v) is 7.21. The van der Waals surface area contributed by atoms with Gasteiger partial charge in [-0.2, -0.15) is 0 Å². The van der Waals surface area contributed by atoms with Crippen LogP contribution in [0.25, 0.3) is 17.7 Å². The van der Waals surface area contributed by atoms with Gasteiger partial charge in [-0.1, -0.05) is 68.0 Å². The Hall–Kier alpha value is -2.59. The summed E-state index contributed by atoms with van der Waals surface area (Å²) in [6.45, 7) is 4.64. The third-order valence-electron chi connectivity index (χ3n) is 7.21. The molecular weight excluding hydrogens is 433 g/mol. The molecule has 1 saturated carbocycles. The van der Waals surface area contributed by atoms with Crippen LogP contribution in [0.1, 0.15) is 80.5 Å². The lowest BCUT2D eigenvalue weighted by atomic mass is 9.77. The van der Waals surface area contributed by atoms with Crippen LogP contribution in [0.5, 0.6) is 0 Å². The molecule has 0 amide bonds. The van der Waals surface area contributed by atoms with Crippen LogP contribution in [0.3, 0.4) is 0 Å². The first-order chi connectivity index (χ1) is 16.5. The minimum Gasteiger partial charge on any atom is -0.374 e. The minimum absolute atomic E-state index is 0.107. The van der Waals surface area contributed by atoms with Gasteiger partial charge in [-0.25, -0.2) is 13.2 Å². The second kappa shape index (κ2) is 11.2. The van der Waals surface area contributed by atoms with Crippen molar-refractivity contribution in [1.82, 2.24) is 0 Å². The third kappa shape index (κ3) is 5.55. The molecule has 1 fully saturated rings. The molecule has 2 aromatic carbocycles. The summed E-state index contributed by atoms with van der Waals surface area (Å²) in [5, 5.41) is 0. The normalized spacial score (nSPS) is 23.1. The first-order valence-corrected chi connectivity index (χ1v) is 12.5. The summed E-state index contributed by atoms with van der Waals surface area (Å²) >= 11 is 0. The molecule has 0 N–H and O–H groups in total. The summed E-state index contributed by atoms with van der Waals surface area (Å²) in [6, 6.07) is 10.8. The summed E-state index contributed by atoms with van der Waals surface area (Å²) in [7, 11) is 0. The standard InChI is InChI=1S/C30H33F3O/c1-3-20-5-10-23(11-6-20)27-17-15-24(29(32)30(27)33)14-9-21-7-12-22(13-8-21)26-18-16-25(34-4-2)19-28(26)31/h7-9,12-15,17-20,23,25H,3-6,10-11,16H2,1-2H3/b14-9+. The van der Waals surface area contributed by atoms with Gasteiger partial charge in [0.1, 0.15) is 5.83 Å². The van der Waals surface area contributed by atoms with E-state index >= 15 is 0 Å².